The molecular weight excluding hydrogens is 380 g/mol. The zero-order valence-electron chi connectivity index (χ0n) is 19.2. The fourth-order valence-corrected chi connectivity index (χ4v) is 5.27. The van der Waals surface area contributed by atoms with Gasteiger partial charge in [-0.3, -0.25) is 16.0 Å². The van der Waals surface area contributed by atoms with E-state index in [1.165, 1.54) is 32.1 Å². The molecule has 2 saturated carbocycles. The lowest BCUT2D eigenvalue weighted by molar-refractivity contribution is 0.111. The standard InChI is InChI=1S/C22H44N6O2/c1-16-14-20(23-10-12-30-13-11-28(2)3)26-21(24-16)27-22(29)25-19-9-8-17-6-4-5-7-18(17)15-19/h16-21,23-24,26H,4-15H2,1-3H3,(H2,25,27,29). The first-order valence-corrected chi connectivity index (χ1v) is 12.0. The summed E-state index contributed by atoms with van der Waals surface area (Å²) in [6.07, 6.45) is 9.93. The number of hydrogen-bond donors (Lipinski definition) is 5. The minimum Gasteiger partial charge on any atom is -0.379 e. The number of carbonyl (C=O) groups excluding carboxylic acids is 1. The van der Waals surface area contributed by atoms with Gasteiger partial charge in [0.1, 0.15) is 6.29 Å². The quantitative estimate of drug-likeness (QED) is 0.360. The minimum atomic E-state index is -0.230. The van der Waals surface area contributed by atoms with Crippen LogP contribution in [0.3, 0.4) is 0 Å². The molecule has 6 unspecified atom stereocenters. The number of carbonyl (C=O) groups is 1. The van der Waals surface area contributed by atoms with Gasteiger partial charge in [-0.15, -0.1) is 0 Å². The van der Waals surface area contributed by atoms with Crippen LogP contribution in [-0.2, 0) is 4.74 Å². The van der Waals surface area contributed by atoms with E-state index in [1.807, 2.05) is 14.1 Å². The molecule has 2 aliphatic carbocycles. The Morgan fingerprint density at radius 3 is 2.60 bits per heavy atom. The van der Waals surface area contributed by atoms with E-state index in [0.29, 0.717) is 18.7 Å². The van der Waals surface area contributed by atoms with E-state index in [0.717, 1.165) is 50.8 Å². The Hall–Kier alpha value is -0.930. The zero-order chi connectivity index (χ0) is 21.3. The van der Waals surface area contributed by atoms with Crippen molar-refractivity contribution >= 4 is 6.03 Å². The Labute approximate surface area is 182 Å². The maximum atomic E-state index is 12.6. The van der Waals surface area contributed by atoms with Crippen LogP contribution in [0.1, 0.15) is 58.3 Å². The number of ether oxygens (including phenoxy) is 1. The summed E-state index contributed by atoms with van der Waals surface area (Å²) in [5.41, 5.74) is 0. The van der Waals surface area contributed by atoms with Crippen molar-refractivity contribution in [1.29, 1.82) is 0 Å². The van der Waals surface area contributed by atoms with Gasteiger partial charge < -0.3 is 20.3 Å². The number of rotatable bonds is 9. The minimum absolute atomic E-state index is 0.0703. The summed E-state index contributed by atoms with van der Waals surface area (Å²) in [4.78, 5) is 14.7. The molecule has 2 amide bonds. The van der Waals surface area contributed by atoms with Gasteiger partial charge in [0.15, 0.2) is 0 Å². The lowest BCUT2D eigenvalue weighted by atomic mass is 9.69. The van der Waals surface area contributed by atoms with Gasteiger partial charge in [0.05, 0.1) is 19.4 Å². The number of amides is 2. The van der Waals surface area contributed by atoms with Gasteiger partial charge in [-0.25, -0.2) is 4.79 Å². The lowest BCUT2D eigenvalue weighted by Gasteiger charge is -2.40. The Balaban J connectivity index is 1.33. The second kappa shape index (κ2) is 12.2. The van der Waals surface area contributed by atoms with Crippen molar-refractivity contribution in [2.45, 2.75) is 82.8 Å². The van der Waals surface area contributed by atoms with Crippen molar-refractivity contribution in [2.24, 2.45) is 11.8 Å². The SMILES string of the molecule is CC1CC(NCCOCCN(C)C)NC(NC(=O)NC2CCC3CCCCC3C2)N1. The summed E-state index contributed by atoms with van der Waals surface area (Å²) < 4.78 is 5.65. The van der Waals surface area contributed by atoms with Gasteiger partial charge in [0.2, 0.25) is 0 Å². The molecule has 1 saturated heterocycles. The van der Waals surface area contributed by atoms with Crippen LogP contribution < -0.4 is 26.6 Å². The zero-order valence-corrected chi connectivity index (χ0v) is 19.2. The molecule has 0 aromatic heterocycles. The van der Waals surface area contributed by atoms with Crippen LogP contribution in [0.4, 0.5) is 4.79 Å². The number of hydrogen-bond acceptors (Lipinski definition) is 6. The third kappa shape index (κ3) is 7.96. The highest BCUT2D eigenvalue weighted by Crippen LogP contribution is 2.40. The summed E-state index contributed by atoms with van der Waals surface area (Å²) in [5, 5.41) is 16.7. The van der Waals surface area contributed by atoms with E-state index in [1.54, 1.807) is 0 Å². The van der Waals surface area contributed by atoms with Crippen molar-refractivity contribution in [1.82, 2.24) is 31.5 Å². The van der Waals surface area contributed by atoms with Crippen LogP contribution in [0.15, 0.2) is 0 Å². The smallest absolute Gasteiger partial charge is 0.317 e. The van der Waals surface area contributed by atoms with Gasteiger partial charge in [0.25, 0.3) is 0 Å². The monoisotopic (exact) mass is 424 g/mol. The summed E-state index contributed by atoms with van der Waals surface area (Å²) in [7, 11) is 4.10. The summed E-state index contributed by atoms with van der Waals surface area (Å²) in [5.74, 6) is 1.72. The van der Waals surface area contributed by atoms with Gasteiger partial charge in [-0.2, -0.15) is 0 Å². The predicted molar refractivity (Wildman–Crippen MR) is 120 cm³/mol. The molecule has 0 aromatic rings. The molecule has 0 bridgehead atoms. The fraction of sp³-hybridized carbons (Fsp3) is 0.955. The van der Waals surface area contributed by atoms with E-state index in [2.05, 4.69) is 38.4 Å². The Morgan fingerprint density at radius 1 is 1.00 bits per heavy atom. The van der Waals surface area contributed by atoms with Crippen molar-refractivity contribution in [3.8, 4) is 0 Å². The van der Waals surface area contributed by atoms with E-state index in [-0.39, 0.29) is 18.5 Å². The topological polar surface area (TPSA) is 89.7 Å². The van der Waals surface area contributed by atoms with E-state index < -0.39 is 0 Å². The van der Waals surface area contributed by atoms with Gasteiger partial charge in [-0.1, -0.05) is 25.7 Å². The van der Waals surface area contributed by atoms with Crippen molar-refractivity contribution in [3.05, 3.63) is 0 Å². The molecule has 0 aromatic carbocycles. The highest BCUT2D eigenvalue weighted by Gasteiger charge is 2.33. The number of likely N-dealkylation sites (N-methyl/N-ethyl adjacent to an activating group) is 1. The second-order valence-corrected chi connectivity index (χ2v) is 9.76. The van der Waals surface area contributed by atoms with Gasteiger partial charge in [0, 0.05) is 25.2 Å². The van der Waals surface area contributed by atoms with Crippen LogP contribution in [0, 0.1) is 11.8 Å². The largest absolute Gasteiger partial charge is 0.379 e. The molecule has 8 heteroatoms. The number of nitrogens with zero attached hydrogens (tertiary/aromatic N) is 1. The molecule has 30 heavy (non-hydrogen) atoms. The van der Waals surface area contributed by atoms with Gasteiger partial charge in [-0.05, 0) is 58.5 Å². The molecule has 6 atom stereocenters. The average molecular weight is 425 g/mol. The number of nitrogens with one attached hydrogen (secondary N) is 5. The summed E-state index contributed by atoms with van der Waals surface area (Å²) in [6, 6.07) is 0.569. The molecule has 3 fully saturated rings. The Kier molecular flexibility index (Phi) is 9.64. The van der Waals surface area contributed by atoms with Crippen LogP contribution in [0.2, 0.25) is 0 Å². The molecule has 3 rings (SSSR count). The maximum Gasteiger partial charge on any atom is 0.317 e. The van der Waals surface area contributed by atoms with Crippen molar-refractivity contribution in [2.75, 3.05) is 40.4 Å². The molecule has 174 valence electrons. The highest BCUT2D eigenvalue weighted by molar-refractivity contribution is 5.74. The Morgan fingerprint density at radius 2 is 1.80 bits per heavy atom. The van der Waals surface area contributed by atoms with Crippen LogP contribution in [-0.4, -0.2) is 75.9 Å². The first kappa shape index (κ1) is 23.7. The Bertz CT molecular complexity index is 520. The van der Waals surface area contributed by atoms with Crippen molar-refractivity contribution < 1.29 is 9.53 Å². The third-order valence-corrected chi connectivity index (χ3v) is 6.88. The molecule has 1 aliphatic heterocycles. The third-order valence-electron chi connectivity index (χ3n) is 6.88. The first-order valence-electron chi connectivity index (χ1n) is 12.0. The van der Waals surface area contributed by atoms with E-state index in [9.17, 15) is 4.79 Å². The highest BCUT2D eigenvalue weighted by atomic mass is 16.5. The number of fused-ring (bicyclic) bond motifs is 1. The molecule has 8 nitrogen and oxygen atoms in total. The van der Waals surface area contributed by atoms with Crippen LogP contribution >= 0.6 is 0 Å². The van der Waals surface area contributed by atoms with Gasteiger partial charge >= 0.3 is 6.03 Å². The summed E-state index contributed by atoms with van der Waals surface area (Å²) >= 11 is 0. The lowest BCUT2D eigenvalue weighted by Crippen LogP contribution is -2.68. The maximum absolute atomic E-state index is 12.6. The second-order valence-electron chi connectivity index (χ2n) is 9.76. The predicted octanol–water partition coefficient (Wildman–Crippen LogP) is 1.39. The normalized spacial score (nSPS) is 34.4. The average Bonchev–Trinajstić information content (AvgIpc) is 2.70. The van der Waals surface area contributed by atoms with E-state index >= 15 is 0 Å². The molecule has 3 aliphatic rings. The van der Waals surface area contributed by atoms with Crippen LogP contribution in [0.5, 0.6) is 0 Å². The first-order chi connectivity index (χ1) is 14.5. The molecular formula is C22H44N6O2. The summed E-state index contributed by atoms with van der Waals surface area (Å²) in [6.45, 7) is 5.32. The molecule has 0 radical (unpaired) electrons. The molecule has 0 spiro atoms. The molecule has 1 heterocycles. The molecule has 5 N–H and O–H groups in total. The number of urea groups is 1. The fourth-order valence-electron chi connectivity index (χ4n) is 5.27. The van der Waals surface area contributed by atoms with Crippen LogP contribution in [0.25, 0.3) is 0 Å². The van der Waals surface area contributed by atoms with E-state index in [4.69, 9.17) is 4.74 Å². The van der Waals surface area contributed by atoms with Crippen molar-refractivity contribution in [3.63, 3.8) is 0 Å².